The van der Waals surface area contributed by atoms with Crippen molar-refractivity contribution in [2.45, 2.75) is 50.7 Å². The second-order valence-corrected chi connectivity index (χ2v) is 4.98. The van der Waals surface area contributed by atoms with Gasteiger partial charge in [0.05, 0.1) is 12.7 Å². The maximum absolute atomic E-state index is 5.90. The Morgan fingerprint density at radius 1 is 1.13 bits per heavy atom. The van der Waals surface area contributed by atoms with Gasteiger partial charge in [-0.2, -0.15) is 0 Å². The van der Waals surface area contributed by atoms with Crippen molar-refractivity contribution in [3.05, 3.63) is 0 Å². The molecule has 1 saturated carbocycles. The van der Waals surface area contributed by atoms with Crippen LogP contribution in [-0.4, -0.2) is 43.3 Å². The molecule has 1 aliphatic heterocycles. The van der Waals surface area contributed by atoms with E-state index in [1.165, 1.54) is 32.1 Å². The summed E-state index contributed by atoms with van der Waals surface area (Å²) in [7, 11) is 0. The third-order valence-electron chi connectivity index (χ3n) is 3.62. The average Bonchev–Trinajstić information content (AvgIpc) is 2.66. The lowest BCUT2D eigenvalue weighted by atomic mass is 9.98. The highest BCUT2D eigenvalue weighted by molar-refractivity contribution is 4.77. The summed E-state index contributed by atoms with van der Waals surface area (Å²) in [6.45, 7) is 4.20. The van der Waals surface area contributed by atoms with Crippen molar-refractivity contribution in [1.29, 1.82) is 0 Å². The van der Waals surface area contributed by atoms with E-state index < -0.39 is 0 Å². The molecule has 0 amide bonds. The molecule has 88 valence electrons. The minimum Gasteiger partial charge on any atom is -0.377 e. The van der Waals surface area contributed by atoms with Gasteiger partial charge >= 0.3 is 0 Å². The van der Waals surface area contributed by atoms with Crippen LogP contribution in [-0.2, 0) is 4.74 Å². The molecule has 1 atom stereocenters. The highest BCUT2D eigenvalue weighted by Gasteiger charge is 2.19. The molecular formula is C12H24N2O. The van der Waals surface area contributed by atoms with Crippen LogP contribution in [0.25, 0.3) is 0 Å². The third-order valence-corrected chi connectivity index (χ3v) is 3.62. The molecule has 2 N–H and O–H groups in total. The van der Waals surface area contributed by atoms with Crippen molar-refractivity contribution >= 4 is 0 Å². The number of nitrogens with zero attached hydrogens (tertiary/aromatic N) is 1. The molecule has 0 aromatic rings. The van der Waals surface area contributed by atoms with Gasteiger partial charge in [0.15, 0.2) is 0 Å². The lowest BCUT2D eigenvalue weighted by molar-refractivity contribution is 0.0187. The predicted molar refractivity (Wildman–Crippen MR) is 61.9 cm³/mol. The van der Waals surface area contributed by atoms with Gasteiger partial charge in [-0.25, -0.2) is 0 Å². The molecule has 15 heavy (non-hydrogen) atoms. The van der Waals surface area contributed by atoms with Crippen LogP contribution >= 0.6 is 0 Å². The summed E-state index contributed by atoms with van der Waals surface area (Å²) in [5.74, 6) is 0. The van der Waals surface area contributed by atoms with Crippen LogP contribution in [0.1, 0.15) is 38.5 Å². The van der Waals surface area contributed by atoms with E-state index in [1.807, 2.05) is 0 Å². The number of hydrogen-bond donors (Lipinski definition) is 1. The van der Waals surface area contributed by atoms with Crippen LogP contribution in [0.4, 0.5) is 0 Å². The normalized spacial score (nSPS) is 29.8. The summed E-state index contributed by atoms with van der Waals surface area (Å²) in [6.07, 6.45) is 8.39. The Kier molecular flexibility index (Phi) is 4.42. The highest BCUT2D eigenvalue weighted by Crippen LogP contribution is 2.20. The monoisotopic (exact) mass is 212 g/mol. The summed E-state index contributed by atoms with van der Waals surface area (Å²) >= 11 is 0. The SMILES string of the molecule is NC1CCN(CCOC2CCCCC2)C1. The molecule has 2 rings (SSSR count). The van der Waals surface area contributed by atoms with Crippen LogP contribution in [0.3, 0.4) is 0 Å². The molecule has 3 nitrogen and oxygen atoms in total. The molecule has 0 aromatic heterocycles. The number of nitrogens with two attached hydrogens (primary N) is 1. The molecule has 2 aliphatic rings. The van der Waals surface area contributed by atoms with E-state index in [9.17, 15) is 0 Å². The summed E-state index contributed by atoms with van der Waals surface area (Å²) in [4.78, 5) is 2.42. The van der Waals surface area contributed by atoms with Gasteiger partial charge in [0.25, 0.3) is 0 Å². The van der Waals surface area contributed by atoms with Gasteiger partial charge in [-0.15, -0.1) is 0 Å². The molecule has 1 aliphatic carbocycles. The molecule has 0 bridgehead atoms. The van der Waals surface area contributed by atoms with E-state index in [0.29, 0.717) is 12.1 Å². The Bertz CT molecular complexity index is 176. The summed E-state index contributed by atoms with van der Waals surface area (Å²) in [5, 5.41) is 0. The van der Waals surface area contributed by atoms with E-state index in [2.05, 4.69) is 4.90 Å². The Balaban J connectivity index is 1.54. The first-order chi connectivity index (χ1) is 7.34. The fraction of sp³-hybridized carbons (Fsp3) is 1.00. The van der Waals surface area contributed by atoms with Crippen molar-refractivity contribution in [1.82, 2.24) is 4.90 Å². The maximum atomic E-state index is 5.90. The van der Waals surface area contributed by atoms with Gasteiger partial charge in [0, 0.05) is 19.1 Å². The Hall–Kier alpha value is -0.120. The summed E-state index contributed by atoms with van der Waals surface area (Å²) < 4.78 is 5.90. The minimum absolute atomic E-state index is 0.402. The number of hydrogen-bond acceptors (Lipinski definition) is 3. The Morgan fingerprint density at radius 3 is 2.60 bits per heavy atom. The van der Waals surface area contributed by atoms with E-state index >= 15 is 0 Å². The van der Waals surface area contributed by atoms with E-state index in [1.54, 1.807) is 0 Å². The smallest absolute Gasteiger partial charge is 0.0597 e. The first kappa shape index (κ1) is 11.4. The summed E-state index contributed by atoms with van der Waals surface area (Å²) in [6, 6.07) is 0.402. The van der Waals surface area contributed by atoms with Gasteiger partial charge in [-0.05, 0) is 25.8 Å². The van der Waals surface area contributed by atoms with Crippen LogP contribution < -0.4 is 5.73 Å². The lowest BCUT2D eigenvalue weighted by Gasteiger charge is -2.23. The van der Waals surface area contributed by atoms with Gasteiger partial charge in [0.1, 0.15) is 0 Å². The zero-order valence-electron chi connectivity index (χ0n) is 9.66. The molecule has 2 fully saturated rings. The standard InChI is InChI=1S/C12H24N2O/c13-11-6-7-14(10-11)8-9-15-12-4-2-1-3-5-12/h11-12H,1-10,13H2. The minimum atomic E-state index is 0.402. The number of rotatable bonds is 4. The number of likely N-dealkylation sites (tertiary alicyclic amines) is 1. The van der Waals surface area contributed by atoms with Gasteiger partial charge in [-0.3, -0.25) is 4.90 Å². The second-order valence-electron chi connectivity index (χ2n) is 4.98. The van der Waals surface area contributed by atoms with Crippen LogP contribution in [0.5, 0.6) is 0 Å². The molecular weight excluding hydrogens is 188 g/mol. The zero-order chi connectivity index (χ0) is 10.5. The fourth-order valence-electron chi connectivity index (χ4n) is 2.65. The molecule has 1 unspecified atom stereocenters. The number of ether oxygens (including phenoxy) is 1. The quantitative estimate of drug-likeness (QED) is 0.765. The van der Waals surface area contributed by atoms with E-state index in [4.69, 9.17) is 10.5 Å². The van der Waals surface area contributed by atoms with Crippen molar-refractivity contribution in [3.63, 3.8) is 0 Å². The highest BCUT2D eigenvalue weighted by atomic mass is 16.5. The van der Waals surface area contributed by atoms with E-state index in [0.717, 1.165) is 32.7 Å². The third kappa shape index (κ3) is 3.74. The fourth-order valence-corrected chi connectivity index (χ4v) is 2.65. The van der Waals surface area contributed by atoms with Crippen molar-refractivity contribution in [3.8, 4) is 0 Å². The predicted octanol–water partition coefficient (Wildman–Crippen LogP) is 1.37. The Labute approximate surface area is 93.0 Å². The summed E-state index contributed by atoms with van der Waals surface area (Å²) in [5.41, 5.74) is 5.86. The maximum Gasteiger partial charge on any atom is 0.0597 e. The second kappa shape index (κ2) is 5.83. The largest absolute Gasteiger partial charge is 0.377 e. The molecule has 1 saturated heterocycles. The van der Waals surface area contributed by atoms with Crippen LogP contribution in [0, 0.1) is 0 Å². The molecule has 3 heteroatoms. The lowest BCUT2D eigenvalue weighted by Crippen LogP contribution is -2.30. The topological polar surface area (TPSA) is 38.5 Å². The Morgan fingerprint density at radius 2 is 1.93 bits per heavy atom. The van der Waals surface area contributed by atoms with Gasteiger partial charge in [0.2, 0.25) is 0 Å². The molecule has 0 aromatic carbocycles. The first-order valence-corrected chi connectivity index (χ1v) is 6.44. The first-order valence-electron chi connectivity index (χ1n) is 6.44. The van der Waals surface area contributed by atoms with Crippen LogP contribution in [0.2, 0.25) is 0 Å². The zero-order valence-corrected chi connectivity index (χ0v) is 9.66. The van der Waals surface area contributed by atoms with Gasteiger partial charge < -0.3 is 10.5 Å². The molecule has 0 radical (unpaired) electrons. The van der Waals surface area contributed by atoms with Crippen molar-refractivity contribution < 1.29 is 4.74 Å². The van der Waals surface area contributed by atoms with Crippen LogP contribution in [0.15, 0.2) is 0 Å². The molecule has 0 spiro atoms. The van der Waals surface area contributed by atoms with Gasteiger partial charge in [-0.1, -0.05) is 19.3 Å². The van der Waals surface area contributed by atoms with Crippen molar-refractivity contribution in [2.75, 3.05) is 26.2 Å². The van der Waals surface area contributed by atoms with E-state index in [-0.39, 0.29) is 0 Å². The van der Waals surface area contributed by atoms with Crippen molar-refractivity contribution in [2.24, 2.45) is 5.73 Å². The molecule has 1 heterocycles. The average molecular weight is 212 g/mol.